The Labute approximate surface area is 103 Å². The molecule has 0 aliphatic rings. The average Bonchev–Trinajstić information content (AvgIpc) is 2.27. The van der Waals surface area contributed by atoms with Gasteiger partial charge in [-0.15, -0.1) is 0 Å². The molecule has 0 atom stereocenters. The zero-order chi connectivity index (χ0) is 12.0. The topological polar surface area (TPSA) is 58.6 Å². The van der Waals surface area contributed by atoms with Crippen molar-refractivity contribution in [3.05, 3.63) is 28.2 Å². The molecular weight excluding hydrogens is 274 g/mol. The van der Waals surface area contributed by atoms with Gasteiger partial charge in [-0.3, -0.25) is 4.79 Å². The van der Waals surface area contributed by atoms with E-state index in [9.17, 15) is 4.79 Å². The van der Waals surface area contributed by atoms with Gasteiger partial charge in [0, 0.05) is 23.0 Å². The summed E-state index contributed by atoms with van der Waals surface area (Å²) in [5.41, 5.74) is 0.892. The van der Waals surface area contributed by atoms with Crippen LogP contribution in [0.4, 0.5) is 0 Å². The first-order chi connectivity index (χ1) is 7.67. The fraction of sp³-hybridized carbons (Fsp3) is 0.364. The minimum Gasteiger partial charge on any atom is -0.496 e. The number of aliphatic hydroxyl groups is 1. The predicted molar refractivity (Wildman–Crippen MR) is 64.2 cm³/mol. The fourth-order valence-corrected chi connectivity index (χ4v) is 1.68. The standard InChI is InChI=1S/C11H14BrNO3/c1-16-10-3-2-9(12)6-8(10)7-13-11(15)4-5-14/h2-3,6,14H,4-5,7H2,1H3,(H,13,15). The maximum absolute atomic E-state index is 11.2. The van der Waals surface area contributed by atoms with Crippen LogP contribution in [0.3, 0.4) is 0 Å². The van der Waals surface area contributed by atoms with Gasteiger partial charge in [0.1, 0.15) is 5.75 Å². The van der Waals surface area contributed by atoms with E-state index >= 15 is 0 Å². The van der Waals surface area contributed by atoms with Crippen LogP contribution in [-0.2, 0) is 11.3 Å². The summed E-state index contributed by atoms with van der Waals surface area (Å²) in [4.78, 5) is 11.2. The maximum Gasteiger partial charge on any atom is 0.222 e. The average molecular weight is 288 g/mol. The summed E-state index contributed by atoms with van der Waals surface area (Å²) in [5.74, 6) is 0.553. The van der Waals surface area contributed by atoms with Crippen molar-refractivity contribution in [3.63, 3.8) is 0 Å². The zero-order valence-electron chi connectivity index (χ0n) is 9.00. The second kappa shape index (κ2) is 6.50. The van der Waals surface area contributed by atoms with E-state index in [0.29, 0.717) is 6.54 Å². The summed E-state index contributed by atoms with van der Waals surface area (Å²) in [6, 6.07) is 5.59. The Morgan fingerprint density at radius 1 is 1.56 bits per heavy atom. The SMILES string of the molecule is COc1ccc(Br)cc1CNC(=O)CCO. The van der Waals surface area contributed by atoms with Gasteiger partial charge in [0.2, 0.25) is 5.91 Å². The first-order valence-electron chi connectivity index (χ1n) is 4.87. The second-order valence-corrected chi connectivity index (χ2v) is 4.12. The number of hydrogen-bond acceptors (Lipinski definition) is 3. The van der Waals surface area contributed by atoms with Crippen LogP contribution in [0.2, 0.25) is 0 Å². The Balaban J connectivity index is 2.65. The number of carbonyl (C=O) groups excluding carboxylic acids is 1. The number of benzene rings is 1. The van der Waals surface area contributed by atoms with Gasteiger partial charge in [0.25, 0.3) is 0 Å². The van der Waals surface area contributed by atoms with Crippen LogP contribution in [0.1, 0.15) is 12.0 Å². The van der Waals surface area contributed by atoms with Crippen LogP contribution in [0.5, 0.6) is 5.75 Å². The highest BCUT2D eigenvalue weighted by Gasteiger charge is 2.05. The summed E-state index contributed by atoms with van der Waals surface area (Å²) in [5, 5.41) is 11.3. The van der Waals surface area contributed by atoms with Crippen LogP contribution in [0, 0.1) is 0 Å². The smallest absolute Gasteiger partial charge is 0.222 e. The van der Waals surface area contributed by atoms with Crippen LogP contribution in [-0.4, -0.2) is 24.7 Å². The molecule has 0 spiro atoms. The lowest BCUT2D eigenvalue weighted by atomic mass is 10.2. The number of ether oxygens (including phenoxy) is 1. The van der Waals surface area contributed by atoms with Gasteiger partial charge in [0.05, 0.1) is 13.7 Å². The molecule has 0 aliphatic heterocycles. The molecule has 0 saturated carbocycles. The first-order valence-corrected chi connectivity index (χ1v) is 5.66. The molecule has 1 rings (SSSR count). The van der Waals surface area contributed by atoms with E-state index < -0.39 is 0 Å². The van der Waals surface area contributed by atoms with Crippen molar-refractivity contribution >= 4 is 21.8 Å². The lowest BCUT2D eigenvalue weighted by molar-refractivity contribution is -0.121. The van der Waals surface area contributed by atoms with Crippen LogP contribution in [0.15, 0.2) is 22.7 Å². The highest BCUT2D eigenvalue weighted by molar-refractivity contribution is 9.10. The van der Waals surface area contributed by atoms with Gasteiger partial charge in [-0.2, -0.15) is 0 Å². The molecule has 1 aromatic rings. The molecule has 0 heterocycles. The molecule has 5 heteroatoms. The van der Waals surface area contributed by atoms with E-state index in [1.165, 1.54) is 0 Å². The van der Waals surface area contributed by atoms with Crippen LogP contribution in [0.25, 0.3) is 0 Å². The number of hydrogen-bond donors (Lipinski definition) is 2. The maximum atomic E-state index is 11.2. The van der Waals surface area contributed by atoms with E-state index in [-0.39, 0.29) is 18.9 Å². The highest BCUT2D eigenvalue weighted by atomic mass is 79.9. The molecule has 0 aliphatic carbocycles. The van der Waals surface area contributed by atoms with Gasteiger partial charge in [-0.25, -0.2) is 0 Å². The number of nitrogens with one attached hydrogen (secondary N) is 1. The molecule has 4 nitrogen and oxygen atoms in total. The molecule has 0 saturated heterocycles. The molecule has 2 N–H and O–H groups in total. The molecule has 0 unspecified atom stereocenters. The van der Waals surface area contributed by atoms with Crippen LogP contribution >= 0.6 is 15.9 Å². The van der Waals surface area contributed by atoms with Gasteiger partial charge >= 0.3 is 0 Å². The van der Waals surface area contributed by atoms with Crippen molar-refractivity contribution in [2.24, 2.45) is 0 Å². The first kappa shape index (κ1) is 13.0. The number of halogens is 1. The Kier molecular flexibility index (Phi) is 5.28. The van der Waals surface area contributed by atoms with Crippen molar-refractivity contribution in [2.75, 3.05) is 13.7 Å². The summed E-state index contributed by atoms with van der Waals surface area (Å²) >= 11 is 3.35. The number of aliphatic hydroxyl groups excluding tert-OH is 1. The third kappa shape index (κ3) is 3.83. The normalized spacial score (nSPS) is 9.94. The van der Waals surface area contributed by atoms with Gasteiger partial charge < -0.3 is 15.2 Å². The molecule has 0 aromatic heterocycles. The van der Waals surface area contributed by atoms with E-state index in [1.54, 1.807) is 7.11 Å². The summed E-state index contributed by atoms with van der Waals surface area (Å²) in [6.07, 6.45) is 0.121. The molecular formula is C11H14BrNO3. The Morgan fingerprint density at radius 3 is 2.94 bits per heavy atom. The Bertz CT molecular complexity index is 368. The van der Waals surface area contributed by atoms with Crippen molar-refractivity contribution in [1.29, 1.82) is 0 Å². The third-order valence-electron chi connectivity index (χ3n) is 2.06. The number of methoxy groups -OCH3 is 1. The van der Waals surface area contributed by atoms with E-state index in [2.05, 4.69) is 21.2 Å². The fourth-order valence-electron chi connectivity index (χ4n) is 1.27. The minimum atomic E-state index is -0.176. The molecule has 1 amide bonds. The van der Waals surface area contributed by atoms with Gasteiger partial charge in [-0.1, -0.05) is 15.9 Å². The number of carbonyl (C=O) groups is 1. The molecule has 16 heavy (non-hydrogen) atoms. The zero-order valence-corrected chi connectivity index (χ0v) is 10.6. The van der Waals surface area contributed by atoms with Crippen molar-refractivity contribution in [1.82, 2.24) is 5.32 Å². The largest absolute Gasteiger partial charge is 0.496 e. The molecule has 0 bridgehead atoms. The molecule has 0 fully saturated rings. The summed E-state index contributed by atoms with van der Waals surface area (Å²) in [7, 11) is 1.59. The van der Waals surface area contributed by atoms with Crippen molar-refractivity contribution in [2.45, 2.75) is 13.0 Å². The summed E-state index contributed by atoms with van der Waals surface area (Å²) in [6.45, 7) is 0.253. The summed E-state index contributed by atoms with van der Waals surface area (Å²) < 4.78 is 6.10. The van der Waals surface area contributed by atoms with E-state index in [1.807, 2.05) is 18.2 Å². The quantitative estimate of drug-likeness (QED) is 0.862. The Morgan fingerprint density at radius 2 is 2.31 bits per heavy atom. The van der Waals surface area contributed by atoms with E-state index in [4.69, 9.17) is 9.84 Å². The van der Waals surface area contributed by atoms with Crippen molar-refractivity contribution in [3.8, 4) is 5.75 Å². The highest BCUT2D eigenvalue weighted by Crippen LogP contribution is 2.22. The molecule has 1 aromatic carbocycles. The van der Waals surface area contributed by atoms with Gasteiger partial charge in [-0.05, 0) is 18.2 Å². The van der Waals surface area contributed by atoms with Crippen LogP contribution < -0.4 is 10.1 Å². The Hall–Kier alpha value is -1.07. The predicted octanol–water partition coefficient (Wildman–Crippen LogP) is 1.46. The van der Waals surface area contributed by atoms with Gasteiger partial charge in [0.15, 0.2) is 0 Å². The molecule has 88 valence electrons. The lowest BCUT2D eigenvalue weighted by Gasteiger charge is -2.09. The third-order valence-corrected chi connectivity index (χ3v) is 2.55. The lowest BCUT2D eigenvalue weighted by Crippen LogP contribution is -2.23. The van der Waals surface area contributed by atoms with E-state index in [0.717, 1.165) is 15.8 Å². The second-order valence-electron chi connectivity index (χ2n) is 3.21. The minimum absolute atomic E-state index is 0.121. The van der Waals surface area contributed by atoms with Crippen molar-refractivity contribution < 1.29 is 14.6 Å². The number of rotatable bonds is 5. The molecule has 0 radical (unpaired) electrons. The number of amides is 1. The monoisotopic (exact) mass is 287 g/mol.